The molecule has 1 unspecified atom stereocenters. The predicted octanol–water partition coefficient (Wildman–Crippen LogP) is 4.02. The molecule has 0 saturated carbocycles. The van der Waals surface area contributed by atoms with E-state index in [0.717, 1.165) is 14.7 Å². The Hall–Kier alpha value is -3.38. The minimum atomic E-state index is -0.850. The molecule has 36 heavy (non-hydrogen) atoms. The molecule has 1 atom stereocenters. The van der Waals surface area contributed by atoms with E-state index in [4.69, 9.17) is 0 Å². The van der Waals surface area contributed by atoms with Gasteiger partial charge in [0.05, 0.1) is 28.0 Å². The molecule has 3 N–H and O–H groups in total. The maximum Gasteiger partial charge on any atom is 0.320 e. The summed E-state index contributed by atoms with van der Waals surface area (Å²) in [6.45, 7) is 3.47. The van der Waals surface area contributed by atoms with Crippen molar-refractivity contribution in [3.63, 3.8) is 0 Å². The van der Waals surface area contributed by atoms with E-state index in [2.05, 4.69) is 36.9 Å². The normalized spacial score (nSPS) is 17.8. The lowest BCUT2D eigenvalue weighted by atomic mass is 10.0. The van der Waals surface area contributed by atoms with Gasteiger partial charge in [0, 0.05) is 22.0 Å². The van der Waals surface area contributed by atoms with E-state index >= 15 is 4.39 Å². The van der Waals surface area contributed by atoms with E-state index in [1.54, 1.807) is 13.8 Å². The third-order valence-electron chi connectivity index (χ3n) is 6.21. The van der Waals surface area contributed by atoms with Gasteiger partial charge in [-0.1, -0.05) is 15.9 Å². The molecule has 1 fully saturated rings. The highest BCUT2D eigenvalue weighted by atomic mass is 79.9. The summed E-state index contributed by atoms with van der Waals surface area (Å²) in [5.41, 5.74) is 0.102. The molecule has 0 spiro atoms. The summed E-state index contributed by atoms with van der Waals surface area (Å²) < 4.78 is 17.2. The summed E-state index contributed by atoms with van der Waals surface area (Å²) in [5, 5.41) is 8.25. The van der Waals surface area contributed by atoms with Crippen molar-refractivity contribution in [2.24, 2.45) is 0 Å². The summed E-state index contributed by atoms with van der Waals surface area (Å²) >= 11 is 4.88. The maximum absolute atomic E-state index is 15.3. The molecular weight excluding hydrogens is 553 g/mol. The van der Waals surface area contributed by atoms with Gasteiger partial charge in [0.25, 0.3) is 5.91 Å². The molecule has 12 heteroatoms. The Morgan fingerprint density at radius 2 is 2.03 bits per heavy atom. The van der Waals surface area contributed by atoms with Crippen LogP contribution in [0.3, 0.4) is 0 Å². The zero-order valence-corrected chi connectivity index (χ0v) is 21.7. The molecule has 186 valence electrons. The molecule has 2 aliphatic heterocycles. The number of amides is 5. The highest BCUT2D eigenvalue weighted by Gasteiger charge is 2.40. The molecule has 1 saturated heterocycles. The van der Waals surface area contributed by atoms with Crippen LogP contribution in [0.4, 0.5) is 14.9 Å². The number of carbonyl (C=O) groups excluding carboxylic acids is 4. The monoisotopic (exact) mass is 573 g/mol. The second-order valence-corrected chi connectivity index (χ2v) is 11.1. The number of rotatable bonds is 4. The summed E-state index contributed by atoms with van der Waals surface area (Å²) in [5.74, 6) is -2.20. The van der Waals surface area contributed by atoms with Crippen molar-refractivity contribution in [2.45, 2.75) is 44.8 Å². The van der Waals surface area contributed by atoms with E-state index in [1.165, 1.54) is 28.4 Å². The smallest absolute Gasteiger partial charge is 0.320 e. The van der Waals surface area contributed by atoms with E-state index in [0.29, 0.717) is 5.01 Å². The SMILES string of the molecule is CC(C)(NC(=O)Nc1ccc2c(c1F)CN(C1CCC(=O)NC1=O)C2=O)c1nc2ccc(Br)cc2s1. The average Bonchev–Trinajstić information content (AvgIpc) is 3.37. The van der Waals surface area contributed by atoms with Gasteiger partial charge < -0.3 is 15.5 Å². The van der Waals surface area contributed by atoms with Crippen LogP contribution in [0.15, 0.2) is 34.8 Å². The zero-order valence-electron chi connectivity index (χ0n) is 19.3. The molecule has 2 aliphatic rings. The molecule has 1 aromatic heterocycles. The molecule has 9 nitrogen and oxygen atoms in total. The number of imide groups is 1. The first-order valence-electron chi connectivity index (χ1n) is 11.2. The maximum atomic E-state index is 15.3. The van der Waals surface area contributed by atoms with Crippen molar-refractivity contribution in [3.8, 4) is 0 Å². The number of nitrogens with zero attached hydrogens (tertiary/aromatic N) is 2. The fraction of sp³-hybridized carbons (Fsp3) is 0.292. The summed E-state index contributed by atoms with van der Waals surface area (Å²) in [4.78, 5) is 55.1. The fourth-order valence-corrected chi connectivity index (χ4v) is 5.93. The number of halogens is 2. The number of anilines is 1. The molecular formula is C24H21BrFN5O4S. The van der Waals surface area contributed by atoms with Gasteiger partial charge >= 0.3 is 6.03 Å². The molecule has 0 radical (unpaired) electrons. The first-order valence-corrected chi connectivity index (χ1v) is 12.8. The van der Waals surface area contributed by atoms with Gasteiger partial charge in [0.15, 0.2) is 5.82 Å². The van der Waals surface area contributed by atoms with E-state index in [1.807, 2.05) is 18.2 Å². The molecule has 0 aliphatic carbocycles. The highest BCUT2D eigenvalue weighted by molar-refractivity contribution is 9.10. The third kappa shape index (κ3) is 4.35. The van der Waals surface area contributed by atoms with Crippen LogP contribution >= 0.6 is 27.3 Å². The molecule has 3 aromatic rings. The zero-order chi connectivity index (χ0) is 25.8. The number of thiazole rings is 1. The quantitative estimate of drug-likeness (QED) is 0.407. The lowest BCUT2D eigenvalue weighted by molar-refractivity contribution is -0.136. The van der Waals surface area contributed by atoms with Gasteiger partial charge in [-0.3, -0.25) is 19.7 Å². The Morgan fingerprint density at radius 3 is 2.78 bits per heavy atom. The third-order valence-corrected chi connectivity index (χ3v) is 8.04. The first kappa shape index (κ1) is 24.3. The highest BCUT2D eigenvalue weighted by Crippen LogP contribution is 2.34. The second kappa shape index (κ2) is 8.93. The Bertz CT molecular complexity index is 1460. The minimum Gasteiger partial charge on any atom is -0.326 e. The number of aromatic nitrogens is 1. The van der Waals surface area contributed by atoms with Crippen LogP contribution in [0.5, 0.6) is 0 Å². The predicted molar refractivity (Wildman–Crippen MR) is 135 cm³/mol. The topological polar surface area (TPSA) is 120 Å². The van der Waals surface area contributed by atoms with Crippen LogP contribution < -0.4 is 16.0 Å². The number of hydrogen-bond donors (Lipinski definition) is 3. The van der Waals surface area contributed by atoms with Gasteiger partial charge in [0.2, 0.25) is 11.8 Å². The van der Waals surface area contributed by atoms with Crippen molar-refractivity contribution >= 4 is 66.9 Å². The van der Waals surface area contributed by atoms with Crippen LogP contribution in [0.25, 0.3) is 10.2 Å². The van der Waals surface area contributed by atoms with Crippen molar-refractivity contribution in [2.75, 3.05) is 5.32 Å². The number of urea groups is 1. The summed E-state index contributed by atoms with van der Waals surface area (Å²) in [7, 11) is 0. The molecule has 3 heterocycles. The number of carbonyl (C=O) groups is 4. The Kier molecular flexibility index (Phi) is 6.03. The number of nitrogens with one attached hydrogen (secondary N) is 3. The van der Waals surface area contributed by atoms with Gasteiger partial charge in [-0.2, -0.15) is 0 Å². The Balaban J connectivity index is 1.31. The molecule has 5 amide bonds. The molecule has 0 bridgehead atoms. The summed E-state index contributed by atoms with van der Waals surface area (Å²) in [6, 6.07) is 6.99. The Morgan fingerprint density at radius 1 is 1.25 bits per heavy atom. The Labute approximate surface area is 217 Å². The second-order valence-electron chi connectivity index (χ2n) is 9.19. The lowest BCUT2D eigenvalue weighted by Crippen LogP contribution is -2.52. The minimum absolute atomic E-state index is 0.0896. The van der Waals surface area contributed by atoms with Crippen molar-refractivity contribution in [3.05, 3.63) is 56.8 Å². The molecule has 5 rings (SSSR count). The summed E-state index contributed by atoms with van der Waals surface area (Å²) in [6.07, 6.45) is 0.283. The first-order chi connectivity index (χ1) is 17.0. The number of benzene rings is 2. The lowest BCUT2D eigenvalue weighted by Gasteiger charge is -2.29. The average molecular weight is 574 g/mol. The van der Waals surface area contributed by atoms with Gasteiger partial charge in [-0.15, -0.1) is 11.3 Å². The van der Waals surface area contributed by atoms with Crippen LogP contribution in [0, 0.1) is 5.82 Å². The van der Waals surface area contributed by atoms with Crippen LogP contribution in [-0.2, 0) is 21.7 Å². The van der Waals surface area contributed by atoms with Crippen LogP contribution in [0.1, 0.15) is 47.6 Å². The number of fused-ring (bicyclic) bond motifs is 2. The van der Waals surface area contributed by atoms with Crippen molar-refractivity contribution in [1.29, 1.82) is 0 Å². The largest absolute Gasteiger partial charge is 0.326 e. The van der Waals surface area contributed by atoms with Crippen LogP contribution in [0.2, 0.25) is 0 Å². The van der Waals surface area contributed by atoms with Crippen molar-refractivity contribution in [1.82, 2.24) is 20.5 Å². The number of hydrogen-bond acceptors (Lipinski definition) is 6. The van der Waals surface area contributed by atoms with E-state index in [9.17, 15) is 19.2 Å². The van der Waals surface area contributed by atoms with E-state index < -0.39 is 41.2 Å². The van der Waals surface area contributed by atoms with Crippen LogP contribution in [-0.4, -0.2) is 39.7 Å². The van der Waals surface area contributed by atoms with Gasteiger partial charge in [0.1, 0.15) is 11.0 Å². The van der Waals surface area contributed by atoms with Gasteiger partial charge in [-0.05, 0) is 50.6 Å². The number of piperidine rings is 1. The van der Waals surface area contributed by atoms with Crippen molar-refractivity contribution < 1.29 is 23.6 Å². The fourth-order valence-electron chi connectivity index (χ4n) is 4.36. The standard InChI is InChI=1S/C24H21BrFN5O4S/c1-24(2,22-27-14-5-3-11(25)9-17(14)36-22)30-23(35)28-15-6-4-12-13(19(15)26)10-31(21(12)34)16-7-8-18(32)29-20(16)33/h3-6,9,16H,7-8,10H2,1-2H3,(H2,28,30,35)(H,29,32,33). The van der Waals surface area contributed by atoms with Gasteiger partial charge in [-0.25, -0.2) is 14.2 Å². The van der Waals surface area contributed by atoms with E-state index in [-0.39, 0.29) is 36.2 Å². The molecule has 2 aromatic carbocycles.